The van der Waals surface area contributed by atoms with E-state index in [1.807, 2.05) is 62.4 Å². The molecule has 0 spiro atoms. The van der Waals surface area contributed by atoms with Crippen molar-refractivity contribution >= 4 is 0 Å². The zero-order valence-corrected chi connectivity index (χ0v) is 14.4. The molecule has 19 heavy (non-hydrogen) atoms. The predicted octanol–water partition coefficient (Wildman–Crippen LogP) is 3.77. The van der Waals surface area contributed by atoms with Crippen LogP contribution in [0.1, 0.15) is 13.8 Å². The van der Waals surface area contributed by atoms with E-state index >= 15 is 0 Å². The summed E-state index contributed by atoms with van der Waals surface area (Å²) in [6, 6.07) is 20.7. The molecule has 0 fully saturated rings. The summed E-state index contributed by atoms with van der Waals surface area (Å²) in [4.78, 5) is 0. The fourth-order valence-corrected chi connectivity index (χ4v) is 1.23. The Labute approximate surface area is 141 Å². The summed E-state index contributed by atoms with van der Waals surface area (Å²) in [5, 5.41) is 0. The zero-order valence-electron chi connectivity index (χ0n) is 11.6. The molecule has 0 N–H and O–H groups in total. The Bertz CT molecular complexity index is 415. The number of rotatable bonds is 3. The maximum Gasteiger partial charge on any atom is 0.0899 e. The van der Waals surface area contributed by atoms with Gasteiger partial charge >= 0.3 is 0 Å². The van der Waals surface area contributed by atoms with Gasteiger partial charge in [0.2, 0.25) is 0 Å². The van der Waals surface area contributed by atoms with Gasteiger partial charge in [-0.25, -0.2) is 0 Å². The normalized spacial score (nSPS) is 8.84. The van der Waals surface area contributed by atoms with Crippen LogP contribution >= 0.6 is 0 Å². The number of ether oxygens (including phenoxy) is 2. The van der Waals surface area contributed by atoms with Crippen LogP contribution in [-0.2, 0) is 32.7 Å². The van der Waals surface area contributed by atoms with E-state index in [1.165, 1.54) is 0 Å². The maximum atomic E-state index is 5.39. The van der Waals surface area contributed by atoms with Crippen molar-refractivity contribution in [3.63, 3.8) is 0 Å². The first-order valence-electron chi connectivity index (χ1n) is 5.85. The Morgan fingerprint density at radius 3 is 1.58 bits per heavy atom. The van der Waals surface area contributed by atoms with Gasteiger partial charge in [0, 0.05) is 44.2 Å². The van der Waals surface area contributed by atoms with Gasteiger partial charge in [-0.05, 0) is 13.8 Å². The molecule has 0 unspecified atom stereocenters. The minimum absolute atomic E-state index is 0. The van der Waals surface area contributed by atoms with Crippen LogP contribution in [0.4, 0.5) is 0 Å². The van der Waals surface area contributed by atoms with Gasteiger partial charge in [-0.1, -0.05) is 0 Å². The van der Waals surface area contributed by atoms with E-state index in [9.17, 15) is 0 Å². The van der Waals surface area contributed by atoms with Gasteiger partial charge in [-0.3, -0.25) is 0 Å². The third kappa shape index (κ3) is 8.79. The van der Waals surface area contributed by atoms with Gasteiger partial charge in [0.15, 0.2) is 0 Å². The number of benzene rings is 2. The van der Waals surface area contributed by atoms with Gasteiger partial charge in [-0.15, -0.1) is 24.3 Å². The Kier molecular flexibility index (Phi) is 10.5. The monoisotopic (exact) mass is 331 g/mol. The first-order valence-corrected chi connectivity index (χ1v) is 5.85. The van der Waals surface area contributed by atoms with Crippen molar-refractivity contribution in [2.24, 2.45) is 0 Å². The summed E-state index contributed by atoms with van der Waals surface area (Å²) >= 11 is 0. The SMILES string of the molecule is CC(C)Oc1cc[c-]cc1.COc1cc[c-]cc1.[Y]. The third-order valence-corrected chi connectivity index (χ3v) is 1.98. The molecule has 0 aromatic heterocycles. The second kappa shape index (κ2) is 11.0. The summed E-state index contributed by atoms with van der Waals surface area (Å²) in [6.07, 6.45) is 0.252. The molecule has 0 aliphatic heterocycles. The Morgan fingerprint density at radius 2 is 1.26 bits per heavy atom. The quantitative estimate of drug-likeness (QED) is 0.797. The molecule has 0 aliphatic carbocycles. The molecule has 2 aromatic carbocycles. The second-order valence-electron chi connectivity index (χ2n) is 3.84. The number of hydrogen-bond donors (Lipinski definition) is 0. The largest absolute Gasteiger partial charge is 0.522 e. The molecule has 0 aliphatic rings. The summed E-state index contributed by atoms with van der Waals surface area (Å²) in [6.45, 7) is 4.02. The molecule has 0 heterocycles. The Morgan fingerprint density at radius 1 is 0.842 bits per heavy atom. The molecule has 2 rings (SSSR count). The van der Waals surface area contributed by atoms with Crippen molar-refractivity contribution in [3.05, 3.63) is 60.7 Å². The minimum Gasteiger partial charge on any atom is -0.522 e. The van der Waals surface area contributed by atoms with E-state index in [2.05, 4.69) is 12.1 Å². The molecule has 0 atom stereocenters. The van der Waals surface area contributed by atoms with Crippen molar-refractivity contribution in [2.45, 2.75) is 20.0 Å². The Hall–Kier alpha value is -0.856. The molecular weight excluding hydrogens is 313 g/mol. The van der Waals surface area contributed by atoms with Gasteiger partial charge < -0.3 is 9.47 Å². The van der Waals surface area contributed by atoms with E-state index < -0.39 is 0 Å². The Balaban J connectivity index is 0.000000331. The van der Waals surface area contributed by atoms with Crippen molar-refractivity contribution in [1.82, 2.24) is 0 Å². The molecular formula is C16H18O2Y-2. The second-order valence-corrected chi connectivity index (χ2v) is 3.84. The zero-order chi connectivity index (χ0) is 13.2. The molecule has 1 radical (unpaired) electrons. The van der Waals surface area contributed by atoms with E-state index in [4.69, 9.17) is 9.47 Å². The molecule has 0 amide bonds. The van der Waals surface area contributed by atoms with Gasteiger partial charge in [0.05, 0.1) is 13.2 Å². The maximum absolute atomic E-state index is 5.39. The van der Waals surface area contributed by atoms with Crippen LogP contribution in [0.5, 0.6) is 11.5 Å². The first kappa shape index (κ1) is 18.1. The van der Waals surface area contributed by atoms with E-state index in [-0.39, 0.29) is 38.8 Å². The molecule has 3 heteroatoms. The topological polar surface area (TPSA) is 18.5 Å². The van der Waals surface area contributed by atoms with Crippen LogP contribution in [0.25, 0.3) is 0 Å². The van der Waals surface area contributed by atoms with Crippen molar-refractivity contribution < 1.29 is 42.2 Å². The van der Waals surface area contributed by atoms with Crippen LogP contribution in [0.3, 0.4) is 0 Å². The summed E-state index contributed by atoms with van der Waals surface area (Å²) < 4.78 is 10.3. The average molecular weight is 331 g/mol. The molecule has 0 saturated heterocycles. The van der Waals surface area contributed by atoms with Crippen molar-refractivity contribution in [2.75, 3.05) is 7.11 Å². The van der Waals surface area contributed by atoms with Gasteiger partial charge in [0.25, 0.3) is 0 Å². The fourth-order valence-electron chi connectivity index (χ4n) is 1.23. The smallest absolute Gasteiger partial charge is 0.0899 e. The fraction of sp³-hybridized carbons (Fsp3) is 0.250. The molecule has 0 saturated carbocycles. The molecule has 99 valence electrons. The van der Waals surface area contributed by atoms with Crippen LogP contribution < -0.4 is 9.47 Å². The van der Waals surface area contributed by atoms with Crippen LogP contribution in [0.2, 0.25) is 0 Å². The van der Waals surface area contributed by atoms with Crippen LogP contribution in [0.15, 0.2) is 48.5 Å². The van der Waals surface area contributed by atoms with Crippen molar-refractivity contribution in [1.29, 1.82) is 0 Å². The standard InChI is InChI=1S/C9H11O.C7H7O.Y/c1-8(2)10-9-6-4-3-5-7-9;1-8-7-5-3-2-4-6-7;/h4-8H,1-2H3;3-6H,1H3;/q2*-1;. The van der Waals surface area contributed by atoms with Gasteiger partial charge in [-0.2, -0.15) is 36.4 Å². The minimum atomic E-state index is 0. The summed E-state index contributed by atoms with van der Waals surface area (Å²) in [7, 11) is 1.65. The van der Waals surface area contributed by atoms with Crippen LogP contribution in [0, 0.1) is 12.1 Å². The van der Waals surface area contributed by atoms with Gasteiger partial charge in [0.1, 0.15) is 0 Å². The average Bonchev–Trinajstić information content (AvgIpc) is 2.41. The van der Waals surface area contributed by atoms with Crippen molar-refractivity contribution in [3.8, 4) is 11.5 Å². The predicted molar refractivity (Wildman–Crippen MR) is 72.9 cm³/mol. The third-order valence-electron chi connectivity index (χ3n) is 1.98. The molecule has 2 aromatic rings. The number of hydrogen-bond acceptors (Lipinski definition) is 2. The molecule has 0 bridgehead atoms. The number of methoxy groups -OCH3 is 1. The van der Waals surface area contributed by atoms with Crippen LogP contribution in [-0.4, -0.2) is 13.2 Å². The summed E-state index contributed by atoms with van der Waals surface area (Å²) in [5.74, 6) is 1.79. The van der Waals surface area contributed by atoms with E-state index in [0.29, 0.717) is 0 Å². The van der Waals surface area contributed by atoms with E-state index in [1.54, 1.807) is 7.11 Å². The summed E-state index contributed by atoms with van der Waals surface area (Å²) in [5.41, 5.74) is 0. The first-order chi connectivity index (χ1) is 8.72. The molecule has 2 nitrogen and oxygen atoms in total. The van der Waals surface area contributed by atoms with E-state index in [0.717, 1.165) is 11.5 Å².